The van der Waals surface area contributed by atoms with Gasteiger partial charge in [-0.3, -0.25) is 19.2 Å². The van der Waals surface area contributed by atoms with E-state index in [1.54, 1.807) is 177 Å². The molecule has 0 unspecified atom stereocenters. The topological polar surface area (TPSA) is 391 Å². The summed E-state index contributed by atoms with van der Waals surface area (Å²) in [5, 5.41) is 57.0. The lowest BCUT2D eigenvalue weighted by Crippen LogP contribution is -2.24. The number of pyridine rings is 4. The smallest absolute Gasteiger partial charge is 0.278 e. The Labute approximate surface area is 725 Å². The molecule has 20 rings (SSSR count). The predicted octanol–water partition coefficient (Wildman–Crippen LogP) is 13.7. The molecule has 16 heterocycles. The molecule has 4 aliphatic heterocycles. The van der Waals surface area contributed by atoms with Crippen LogP contribution in [0.1, 0.15) is 102 Å². The van der Waals surface area contributed by atoms with Crippen LogP contribution in [0.5, 0.6) is 0 Å². The molecule has 8 N–H and O–H groups in total. The van der Waals surface area contributed by atoms with Gasteiger partial charge < -0.3 is 41.7 Å². The predicted molar refractivity (Wildman–Crippen MR) is 474 cm³/mol. The summed E-state index contributed by atoms with van der Waals surface area (Å²) in [6, 6.07) is 44.9. The van der Waals surface area contributed by atoms with Crippen LogP contribution >= 0.6 is 0 Å². The molecule has 12 aromatic heterocycles. The van der Waals surface area contributed by atoms with Crippen molar-refractivity contribution in [3.63, 3.8) is 0 Å². The standard InChI is InChI=1S/4C23H21FN6O2/c2*1-23(32)11-3-2-4-12-29-21(31)17-14-25-22(26-16-8-5-7-15(24)13-16)28-20(17)30(29)19-10-6-9-18(23)27-19;2*1-23(32)12-3-2-4-13-29-21(31)17-14-25-22(26-16-10-8-15(24)9-11-16)28-20(17)30(29)19-7-5-6-18(23)27-19/h2*2,4-10,13-14,32H,3,11-12H2,1H3,(H,25,26,28);2*2,4-11,14,32H,3,12-13H2,1H3,(H,25,26,28)/b4*4-2-/t4*23-/m1010/s1. The minimum absolute atomic E-state index is 0.219. The quantitative estimate of drug-likeness (QED) is 0.0517. The fourth-order valence-corrected chi connectivity index (χ4v) is 15.2. The minimum atomic E-state index is -1.11. The number of allylic oxidation sites excluding steroid dienone is 8. The van der Waals surface area contributed by atoms with E-state index in [2.05, 4.69) is 81.1 Å². The fraction of sp³-hybridized carbons (Fsp3) is 0.217. The fourth-order valence-electron chi connectivity index (χ4n) is 15.2. The van der Waals surface area contributed by atoms with Crippen molar-refractivity contribution < 1.29 is 38.0 Å². The van der Waals surface area contributed by atoms with Gasteiger partial charge in [0.2, 0.25) is 23.8 Å². The van der Waals surface area contributed by atoms with Crippen LogP contribution in [-0.4, -0.2) is 118 Å². The van der Waals surface area contributed by atoms with Crippen LogP contribution in [0.2, 0.25) is 0 Å². The van der Waals surface area contributed by atoms with E-state index < -0.39 is 22.4 Å². The van der Waals surface area contributed by atoms with Gasteiger partial charge in [-0.25, -0.2) is 94.9 Å². The molecule has 0 spiro atoms. The molecule has 0 radical (unpaired) electrons. The highest BCUT2D eigenvalue weighted by Crippen LogP contribution is 2.34. The van der Waals surface area contributed by atoms with Crippen LogP contribution in [0.4, 0.5) is 64.1 Å². The van der Waals surface area contributed by atoms with Gasteiger partial charge >= 0.3 is 0 Å². The first kappa shape index (κ1) is 84.8. The first-order chi connectivity index (χ1) is 61.7. The molecular formula is C92H84F4N24O8. The average Bonchev–Trinajstić information content (AvgIpc) is 1.62. The van der Waals surface area contributed by atoms with Gasteiger partial charge in [0.05, 0.1) is 49.0 Å². The summed E-state index contributed by atoms with van der Waals surface area (Å²) in [4.78, 5) is 106. The summed E-state index contributed by atoms with van der Waals surface area (Å²) < 4.78 is 66.3. The highest BCUT2D eigenvalue weighted by molar-refractivity contribution is 5.80. The number of aromatic nitrogens is 20. The molecule has 8 bridgehead atoms. The highest BCUT2D eigenvalue weighted by Gasteiger charge is 2.32. The Balaban J connectivity index is 0.000000120. The molecular weight excluding hydrogens is 1650 g/mol. The Kier molecular flexibility index (Phi) is 23.4. The van der Waals surface area contributed by atoms with E-state index in [1.165, 1.54) is 82.7 Å². The number of fused-ring (bicyclic) bond motifs is 24. The Morgan fingerprint density at radius 3 is 0.781 bits per heavy atom. The van der Waals surface area contributed by atoms with Crippen molar-refractivity contribution in [1.82, 2.24) is 97.3 Å². The molecule has 0 aliphatic carbocycles. The van der Waals surface area contributed by atoms with Gasteiger partial charge in [-0.05, 0) is 213 Å². The summed E-state index contributed by atoms with van der Waals surface area (Å²) in [6.45, 7) is 8.21. The molecule has 4 atom stereocenters. The van der Waals surface area contributed by atoms with Crippen LogP contribution in [-0.2, 0) is 48.6 Å². The second-order valence-electron chi connectivity index (χ2n) is 31.7. The first-order valence-electron chi connectivity index (χ1n) is 41.1. The SMILES string of the molecule is C[C@@]1(O)CC/C=C\Cn2c(=O)c3cnc(Nc4ccc(F)cc4)nc3n2-c2cccc1n2.C[C@@]1(O)CC/C=C\Cn2c(=O)c3cnc(Nc4cccc(F)c4)nc3n2-c2cccc1n2.C[C@]1(O)CC/C=C\Cn2c(=O)c3cnc(Nc4ccc(F)cc4)nc3n2-c2cccc1n2.C[C@]1(O)CC/C=C\Cn2c(=O)c3cnc(Nc4cccc(F)c4)nc3n2-c2cccc1n2. The Morgan fingerprint density at radius 2 is 0.531 bits per heavy atom. The number of halogens is 4. The van der Waals surface area contributed by atoms with Crippen LogP contribution in [0, 0.1) is 23.3 Å². The molecule has 0 amide bonds. The third kappa shape index (κ3) is 17.9. The molecule has 16 aromatic rings. The number of hydrogen-bond donors (Lipinski definition) is 8. The molecule has 0 saturated carbocycles. The number of aliphatic hydroxyl groups is 4. The van der Waals surface area contributed by atoms with Crippen LogP contribution in [0.25, 0.3) is 67.4 Å². The Bertz CT molecular complexity index is 6880. The van der Waals surface area contributed by atoms with Gasteiger partial charge in [-0.1, -0.05) is 85.0 Å². The first-order valence-corrected chi connectivity index (χ1v) is 41.1. The maximum atomic E-state index is 13.6. The number of nitrogens with one attached hydrogen (secondary N) is 4. The van der Waals surface area contributed by atoms with Crippen LogP contribution in [0.15, 0.2) is 262 Å². The second kappa shape index (κ2) is 35.3. The van der Waals surface area contributed by atoms with E-state index in [9.17, 15) is 57.2 Å². The maximum Gasteiger partial charge on any atom is 0.278 e. The lowest BCUT2D eigenvalue weighted by Gasteiger charge is -2.22. The molecule has 0 fully saturated rings. The number of rotatable bonds is 8. The normalized spacial score (nSPS) is 19.2. The highest BCUT2D eigenvalue weighted by atomic mass is 19.1. The lowest BCUT2D eigenvalue weighted by atomic mass is 9.95. The molecule has 4 aromatic carbocycles. The minimum Gasteiger partial charge on any atom is -0.384 e. The van der Waals surface area contributed by atoms with Crippen molar-refractivity contribution in [3.8, 4) is 23.3 Å². The Hall–Kier alpha value is -15.4. The van der Waals surface area contributed by atoms with Crippen molar-refractivity contribution in [2.24, 2.45) is 0 Å². The van der Waals surface area contributed by atoms with E-state index in [0.29, 0.717) is 190 Å². The summed E-state index contributed by atoms with van der Waals surface area (Å²) in [7, 11) is 0. The third-order valence-electron chi connectivity index (χ3n) is 22.0. The Morgan fingerprint density at radius 1 is 0.289 bits per heavy atom. The molecule has 0 saturated heterocycles. The van der Waals surface area contributed by atoms with E-state index >= 15 is 0 Å². The van der Waals surface area contributed by atoms with E-state index in [1.807, 2.05) is 48.6 Å². The van der Waals surface area contributed by atoms with Gasteiger partial charge in [0.15, 0.2) is 45.9 Å². The van der Waals surface area contributed by atoms with Crippen molar-refractivity contribution in [2.75, 3.05) is 21.3 Å². The average molecular weight is 1730 g/mol. The van der Waals surface area contributed by atoms with Gasteiger partial charge in [0.1, 0.15) is 67.2 Å². The van der Waals surface area contributed by atoms with Gasteiger partial charge in [-0.2, -0.15) is 19.9 Å². The van der Waals surface area contributed by atoms with E-state index in [-0.39, 0.29) is 69.3 Å². The zero-order valence-electron chi connectivity index (χ0n) is 69.5. The van der Waals surface area contributed by atoms with Gasteiger partial charge in [0, 0.05) is 47.5 Å². The molecule has 36 heteroatoms. The van der Waals surface area contributed by atoms with Crippen molar-refractivity contribution >= 4 is 90.7 Å². The lowest BCUT2D eigenvalue weighted by molar-refractivity contribution is 0.0439. The zero-order chi connectivity index (χ0) is 89.2. The van der Waals surface area contributed by atoms with Crippen LogP contribution < -0.4 is 43.5 Å². The number of benzene rings is 4. The molecule has 128 heavy (non-hydrogen) atoms. The van der Waals surface area contributed by atoms with Crippen molar-refractivity contribution in [2.45, 2.75) is 128 Å². The van der Waals surface area contributed by atoms with Crippen molar-refractivity contribution in [1.29, 1.82) is 0 Å². The third-order valence-corrected chi connectivity index (χ3v) is 22.0. The largest absolute Gasteiger partial charge is 0.384 e. The van der Waals surface area contributed by atoms with E-state index in [0.717, 1.165) is 0 Å². The summed E-state index contributed by atoms with van der Waals surface area (Å²) >= 11 is 0. The zero-order valence-corrected chi connectivity index (χ0v) is 69.5. The summed E-state index contributed by atoms with van der Waals surface area (Å²) in [5.74, 6) is 1.36. The van der Waals surface area contributed by atoms with Gasteiger partial charge in [-0.15, -0.1) is 0 Å². The maximum absolute atomic E-state index is 13.6. The summed E-state index contributed by atoms with van der Waals surface area (Å²) in [5.41, 5.74) is 0.333. The summed E-state index contributed by atoms with van der Waals surface area (Å²) in [6.07, 6.45) is 25.8. The molecule has 4 aliphatic rings. The number of hydrogen-bond acceptors (Lipinski definition) is 24. The van der Waals surface area contributed by atoms with Gasteiger partial charge in [0.25, 0.3) is 22.2 Å². The molecule has 32 nitrogen and oxygen atoms in total. The van der Waals surface area contributed by atoms with Crippen molar-refractivity contribution in [3.05, 3.63) is 331 Å². The second-order valence-corrected chi connectivity index (χ2v) is 31.7. The number of anilines is 8. The monoisotopic (exact) mass is 1730 g/mol. The van der Waals surface area contributed by atoms with Crippen LogP contribution in [0.3, 0.4) is 0 Å². The van der Waals surface area contributed by atoms with E-state index in [4.69, 9.17) is 0 Å². The number of nitrogens with zero attached hydrogens (tertiary/aromatic N) is 20. The molecule has 648 valence electrons.